The van der Waals surface area contributed by atoms with Crippen LogP contribution in [0.5, 0.6) is 11.5 Å². The molecule has 0 saturated heterocycles. The SMILES string of the molecule is CCCCc1ccc(C(=O)Oc2cccc(C=O)c2OC(=O)c2ccccc2)cc1. The van der Waals surface area contributed by atoms with Crippen molar-refractivity contribution in [2.75, 3.05) is 0 Å². The van der Waals surface area contributed by atoms with Crippen LogP contribution in [0.4, 0.5) is 0 Å². The monoisotopic (exact) mass is 402 g/mol. The maximum absolute atomic E-state index is 12.6. The molecule has 3 aromatic carbocycles. The number of aryl methyl sites for hydroxylation is 1. The van der Waals surface area contributed by atoms with E-state index in [1.165, 1.54) is 12.1 Å². The van der Waals surface area contributed by atoms with Crippen molar-refractivity contribution in [3.05, 3.63) is 95.1 Å². The van der Waals surface area contributed by atoms with Gasteiger partial charge in [-0.15, -0.1) is 0 Å². The maximum Gasteiger partial charge on any atom is 0.343 e. The standard InChI is InChI=1S/C25H22O5/c1-2-3-8-18-13-15-20(16-14-18)24(27)29-22-12-7-11-21(17-26)23(22)30-25(28)19-9-5-4-6-10-19/h4-7,9-17H,2-3,8H2,1H3. The Balaban J connectivity index is 1.81. The molecule has 0 aliphatic rings. The Bertz CT molecular complexity index is 1020. The molecule has 3 rings (SSSR count). The second-order valence-electron chi connectivity index (χ2n) is 6.74. The lowest BCUT2D eigenvalue weighted by molar-refractivity contribution is 0.0680. The number of aldehydes is 1. The van der Waals surface area contributed by atoms with Crippen molar-refractivity contribution >= 4 is 18.2 Å². The first-order valence-electron chi connectivity index (χ1n) is 9.79. The Labute approximate surface area is 175 Å². The second kappa shape index (κ2) is 10.2. The third kappa shape index (κ3) is 5.20. The first-order chi connectivity index (χ1) is 14.6. The van der Waals surface area contributed by atoms with Crippen molar-refractivity contribution in [2.45, 2.75) is 26.2 Å². The number of para-hydroxylation sites is 1. The number of esters is 2. The number of hydrogen-bond donors (Lipinski definition) is 0. The molecule has 0 amide bonds. The van der Waals surface area contributed by atoms with Gasteiger partial charge in [0, 0.05) is 0 Å². The summed E-state index contributed by atoms with van der Waals surface area (Å²) < 4.78 is 10.9. The third-order valence-corrected chi connectivity index (χ3v) is 4.55. The molecule has 0 saturated carbocycles. The van der Waals surface area contributed by atoms with Crippen LogP contribution in [0.25, 0.3) is 0 Å². The molecule has 0 aliphatic heterocycles. The molecular formula is C25H22O5. The van der Waals surface area contributed by atoms with Gasteiger partial charge in [-0.3, -0.25) is 4.79 Å². The summed E-state index contributed by atoms with van der Waals surface area (Å²) in [5.74, 6) is -1.34. The van der Waals surface area contributed by atoms with Gasteiger partial charge in [-0.2, -0.15) is 0 Å². The summed E-state index contributed by atoms with van der Waals surface area (Å²) in [6.45, 7) is 2.13. The number of rotatable bonds is 8. The average Bonchev–Trinajstić information content (AvgIpc) is 2.79. The highest BCUT2D eigenvalue weighted by Gasteiger charge is 2.19. The summed E-state index contributed by atoms with van der Waals surface area (Å²) in [6.07, 6.45) is 3.68. The smallest absolute Gasteiger partial charge is 0.343 e. The van der Waals surface area contributed by atoms with Gasteiger partial charge in [0.15, 0.2) is 17.8 Å². The summed E-state index contributed by atoms with van der Waals surface area (Å²) in [5, 5.41) is 0. The zero-order chi connectivity index (χ0) is 21.3. The van der Waals surface area contributed by atoms with Crippen LogP contribution in [0.1, 0.15) is 56.4 Å². The van der Waals surface area contributed by atoms with Crippen molar-refractivity contribution < 1.29 is 23.9 Å². The van der Waals surface area contributed by atoms with Gasteiger partial charge in [-0.1, -0.05) is 49.7 Å². The summed E-state index contributed by atoms with van der Waals surface area (Å²) >= 11 is 0. The van der Waals surface area contributed by atoms with Gasteiger partial charge in [0.25, 0.3) is 0 Å². The normalized spacial score (nSPS) is 10.3. The molecule has 0 heterocycles. The zero-order valence-electron chi connectivity index (χ0n) is 16.7. The Kier molecular flexibility index (Phi) is 7.11. The van der Waals surface area contributed by atoms with Crippen molar-refractivity contribution in [1.29, 1.82) is 0 Å². The first kappa shape index (κ1) is 21.0. The summed E-state index contributed by atoms with van der Waals surface area (Å²) in [4.78, 5) is 36.5. The maximum atomic E-state index is 12.6. The van der Waals surface area contributed by atoms with Gasteiger partial charge in [0.2, 0.25) is 0 Å². The molecule has 152 valence electrons. The van der Waals surface area contributed by atoms with Crippen LogP contribution in [0, 0.1) is 0 Å². The van der Waals surface area contributed by atoms with E-state index in [1.54, 1.807) is 48.5 Å². The Hall–Kier alpha value is -3.73. The first-order valence-corrected chi connectivity index (χ1v) is 9.79. The summed E-state index contributed by atoms with van der Waals surface area (Å²) in [6, 6.07) is 20.1. The summed E-state index contributed by atoms with van der Waals surface area (Å²) in [5.41, 5.74) is 1.94. The largest absolute Gasteiger partial charge is 0.419 e. The Morgan fingerprint density at radius 2 is 1.47 bits per heavy atom. The highest BCUT2D eigenvalue weighted by Crippen LogP contribution is 2.32. The fraction of sp³-hybridized carbons (Fsp3) is 0.160. The molecular weight excluding hydrogens is 380 g/mol. The Morgan fingerprint density at radius 3 is 2.13 bits per heavy atom. The minimum atomic E-state index is -0.650. The van der Waals surface area contributed by atoms with Crippen LogP contribution >= 0.6 is 0 Å². The molecule has 3 aromatic rings. The number of unbranched alkanes of at least 4 members (excludes halogenated alkanes) is 1. The van der Waals surface area contributed by atoms with Crippen LogP contribution in [0.2, 0.25) is 0 Å². The number of ether oxygens (including phenoxy) is 2. The molecule has 0 aliphatic carbocycles. The predicted octanol–water partition coefficient (Wildman–Crippen LogP) is 5.28. The van der Waals surface area contributed by atoms with E-state index in [-0.39, 0.29) is 17.1 Å². The molecule has 0 radical (unpaired) electrons. The van der Waals surface area contributed by atoms with Gasteiger partial charge in [-0.25, -0.2) is 9.59 Å². The molecule has 0 fully saturated rings. The molecule has 0 aromatic heterocycles. The fourth-order valence-corrected chi connectivity index (χ4v) is 2.89. The van der Waals surface area contributed by atoms with Gasteiger partial charge >= 0.3 is 11.9 Å². The lowest BCUT2D eigenvalue weighted by Gasteiger charge is -2.12. The lowest BCUT2D eigenvalue weighted by Crippen LogP contribution is -2.13. The van der Waals surface area contributed by atoms with Crippen molar-refractivity contribution in [1.82, 2.24) is 0 Å². The van der Waals surface area contributed by atoms with Gasteiger partial charge in [0.05, 0.1) is 16.7 Å². The average molecular weight is 402 g/mol. The minimum Gasteiger partial charge on any atom is -0.419 e. The van der Waals surface area contributed by atoms with E-state index < -0.39 is 11.9 Å². The molecule has 5 heteroatoms. The van der Waals surface area contributed by atoms with E-state index in [0.717, 1.165) is 24.8 Å². The van der Waals surface area contributed by atoms with Crippen LogP contribution in [-0.2, 0) is 6.42 Å². The number of carbonyl (C=O) groups excluding carboxylic acids is 3. The second-order valence-corrected chi connectivity index (χ2v) is 6.74. The highest BCUT2D eigenvalue weighted by atomic mass is 16.6. The van der Waals surface area contributed by atoms with E-state index >= 15 is 0 Å². The van der Waals surface area contributed by atoms with Crippen LogP contribution in [0.3, 0.4) is 0 Å². The van der Waals surface area contributed by atoms with E-state index in [1.807, 2.05) is 12.1 Å². The van der Waals surface area contributed by atoms with Crippen LogP contribution in [-0.4, -0.2) is 18.2 Å². The minimum absolute atomic E-state index is 0.00365. The van der Waals surface area contributed by atoms with E-state index in [9.17, 15) is 14.4 Å². The van der Waals surface area contributed by atoms with Crippen molar-refractivity contribution in [3.8, 4) is 11.5 Å². The topological polar surface area (TPSA) is 69.7 Å². The van der Waals surface area contributed by atoms with E-state index in [4.69, 9.17) is 9.47 Å². The molecule has 0 bridgehead atoms. The van der Waals surface area contributed by atoms with E-state index in [2.05, 4.69) is 6.92 Å². The van der Waals surface area contributed by atoms with Crippen molar-refractivity contribution in [2.24, 2.45) is 0 Å². The molecule has 0 unspecified atom stereocenters. The number of hydrogen-bond acceptors (Lipinski definition) is 5. The molecule has 0 spiro atoms. The fourth-order valence-electron chi connectivity index (χ4n) is 2.89. The van der Waals surface area contributed by atoms with Gasteiger partial charge < -0.3 is 9.47 Å². The third-order valence-electron chi connectivity index (χ3n) is 4.55. The van der Waals surface area contributed by atoms with Crippen molar-refractivity contribution in [3.63, 3.8) is 0 Å². The number of benzene rings is 3. The predicted molar refractivity (Wildman–Crippen MR) is 113 cm³/mol. The lowest BCUT2D eigenvalue weighted by atomic mass is 10.1. The molecule has 0 N–H and O–H groups in total. The zero-order valence-corrected chi connectivity index (χ0v) is 16.7. The quantitative estimate of drug-likeness (QED) is 0.291. The highest BCUT2D eigenvalue weighted by molar-refractivity contribution is 5.95. The summed E-state index contributed by atoms with van der Waals surface area (Å²) in [7, 11) is 0. The molecule has 0 atom stereocenters. The molecule has 5 nitrogen and oxygen atoms in total. The Morgan fingerprint density at radius 1 is 0.800 bits per heavy atom. The van der Waals surface area contributed by atoms with E-state index in [0.29, 0.717) is 17.4 Å². The van der Waals surface area contributed by atoms with Gasteiger partial charge in [0.1, 0.15) is 0 Å². The van der Waals surface area contributed by atoms with Crippen LogP contribution in [0.15, 0.2) is 72.8 Å². The van der Waals surface area contributed by atoms with Gasteiger partial charge in [-0.05, 0) is 54.8 Å². The van der Waals surface area contributed by atoms with Crippen LogP contribution < -0.4 is 9.47 Å². The number of carbonyl (C=O) groups is 3. The molecule has 30 heavy (non-hydrogen) atoms.